The highest BCUT2D eigenvalue weighted by molar-refractivity contribution is 6.30. The Morgan fingerprint density at radius 1 is 1.33 bits per heavy atom. The zero-order valence-corrected chi connectivity index (χ0v) is 15.4. The Kier molecular flexibility index (Phi) is 8.73. The lowest BCUT2D eigenvalue weighted by Gasteiger charge is -2.12. The van der Waals surface area contributed by atoms with Crippen LogP contribution in [0.3, 0.4) is 0 Å². The van der Waals surface area contributed by atoms with Crippen molar-refractivity contribution in [2.75, 3.05) is 11.9 Å². The lowest BCUT2D eigenvalue weighted by molar-refractivity contribution is -0.137. The summed E-state index contributed by atoms with van der Waals surface area (Å²) in [7, 11) is 0. The van der Waals surface area contributed by atoms with Gasteiger partial charge in [-0.1, -0.05) is 11.6 Å². The van der Waals surface area contributed by atoms with Crippen LogP contribution in [0.2, 0.25) is 5.02 Å². The smallest absolute Gasteiger partial charge is 0.319 e. The monoisotopic (exact) mass is 418 g/mol. The number of rotatable bonds is 7. The summed E-state index contributed by atoms with van der Waals surface area (Å²) in [6, 6.07) is 5.97. The van der Waals surface area contributed by atoms with Gasteiger partial charge in [-0.2, -0.15) is 0 Å². The zero-order valence-electron chi connectivity index (χ0n) is 13.8. The van der Waals surface area contributed by atoms with Crippen LogP contribution in [0.25, 0.3) is 0 Å². The normalized spacial score (nSPS) is 11.1. The topological polar surface area (TPSA) is 127 Å². The highest BCUT2D eigenvalue weighted by atomic mass is 35.5. The number of carbonyl (C=O) groups is 2. The molecule has 2 aromatic rings. The van der Waals surface area contributed by atoms with E-state index in [1.807, 2.05) is 0 Å². The SMILES string of the molecule is Cl.N[C@H](CNC(=O)Nc1ccc(Oc2ncc(Cl)cc2F)cc1)CC(=O)O. The van der Waals surface area contributed by atoms with Gasteiger partial charge in [-0.15, -0.1) is 12.4 Å². The Balaban J connectivity index is 0.00000364. The molecule has 1 aromatic heterocycles. The van der Waals surface area contributed by atoms with Crippen LogP contribution in [0.4, 0.5) is 14.9 Å². The fourth-order valence-corrected chi connectivity index (χ4v) is 2.04. The van der Waals surface area contributed by atoms with E-state index in [0.717, 1.165) is 6.07 Å². The minimum absolute atomic E-state index is 0. The molecule has 0 bridgehead atoms. The Bertz CT molecular complexity index is 792. The van der Waals surface area contributed by atoms with Crippen LogP contribution in [-0.2, 0) is 4.79 Å². The van der Waals surface area contributed by atoms with Gasteiger partial charge in [-0.3, -0.25) is 4.79 Å². The number of carboxylic acid groups (broad SMARTS) is 1. The second kappa shape index (κ2) is 10.5. The largest absolute Gasteiger partial charge is 0.481 e. The molecule has 0 spiro atoms. The first-order valence-electron chi connectivity index (χ1n) is 7.44. The number of benzene rings is 1. The molecule has 146 valence electrons. The van der Waals surface area contributed by atoms with Crippen LogP contribution in [-0.4, -0.2) is 34.7 Å². The molecule has 0 unspecified atom stereocenters. The van der Waals surface area contributed by atoms with Crippen LogP contribution in [0.15, 0.2) is 36.5 Å². The van der Waals surface area contributed by atoms with Crippen molar-refractivity contribution >= 4 is 41.7 Å². The van der Waals surface area contributed by atoms with E-state index >= 15 is 0 Å². The summed E-state index contributed by atoms with van der Waals surface area (Å²) in [5.74, 6) is -1.65. The third-order valence-electron chi connectivity index (χ3n) is 3.06. The van der Waals surface area contributed by atoms with Gasteiger partial charge >= 0.3 is 12.0 Å². The number of ether oxygens (including phenoxy) is 1. The van der Waals surface area contributed by atoms with Gasteiger partial charge in [0.1, 0.15) is 5.75 Å². The fraction of sp³-hybridized carbons (Fsp3) is 0.188. The van der Waals surface area contributed by atoms with E-state index < -0.39 is 23.9 Å². The van der Waals surface area contributed by atoms with Crippen molar-refractivity contribution in [3.05, 3.63) is 47.4 Å². The van der Waals surface area contributed by atoms with E-state index in [4.69, 9.17) is 27.2 Å². The average Bonchev–Trinajstić information content (AvgIpc) is 2.57. The van der Waals surface area contributed by atoms with Gasteiger partial charge in [-0.05, 0) is 30.3 Å². The van der Waals surface area contributed by atoms with E-state index in [-0.39, 0.29) is 36.3 Å². The fourth-order valence-electron chi connectivity index (χ4n) is 1.89. The van der Waals surface area contributed by atoms with Crippen LogP contribution in [0.5, 0.6) is 11.6 Å². The number of aliphatic carboxylic acids is 1. The van der Waals surface area contributed by atoms with Crippen LogP contribution < -0.4 is 21.1 Å². The number of hydrogen-bond acceptors (Lipinski definition) is 5. The van der Waals surface area contributed by atoms with Crippen molar-refractivity contribution < 1.29 is 23.8 Å². The van der Waals surface area contributed by atoms with E-state index in [1.54, 1.807) is 12.1 Å². The molecule has 0 saturated carbocycles. The predicted octanol–water partition coefficient (Wildman–Crippen LogP) is 3.01. The Labute approximate surface area is 165 Å². The molecule has 0 aliphatic heterocycles. The molecule has 8 nitrogen and oxygen atoms in total. The first kappa shape index (κ1) is 22.4. The number of pyridine rings is 1. The molecule has 2 rings (SSSR count). The number of nitrogens with zero attached hydrogens (tertiary/aromatic N) is 1. The maximum Gasteiger partial charge on any atom is 0.319 e. The summed E-state index contributed by atoms with van der Waals surface area (Å²) < 4.78 is 18.9. The number of amides is 2. The molecule has 2 amide bonds. The first-order chi connectivity index (χ1) is 12.3. The highest BCUT2D eigenvalue weighted by Crippen LogP contribution is 2.25. The molecule has 0 radical (unpaired) electrons. The van der Waals surface area contributed by atoms with E-state index in [2.05, 4.69) is 15.6 Å². The number of aromatic nitrogens is 1. The molecule has 11 heteroatoms. The van der Waals surface area contributed by atoms with Crippen molar-refractivity contribution in [1.29, 1.82) is 0 Å². The molecule has 1 atom stereocenters. The van der Waals surface area contributed by atoms with E-state index in [0.29, 0.717) is 11.4 Å². The number of carboxylic acids is 1. The van der Waals surface area contributed by atoms with Crippen molar-refractivity contribution in [2.45, 2.75) is 12.5 Å². The van der Waals surface area contributed by atoms with Crippen molar-refractivity contribution in [3.63, 3.8) is 0 Å². The minimum Gasteiger partial charge on any atom is -0.481 e. The molecule has 0 saturated heterocycles. The van der Waals surface area contributed by atoms with Gasteiger partial charge in [0.25, 0.3) is 5.88 Å². The van der Waals surface area contributed by atoms with Crippen LogP contribution in [0.1, 0.15) is 6.42 Å². The van der Waals surface area contributed by atoms with Gasteiger partial charge < -0.3 is 26.2 Å². The minimum atomic E-state index is -1.04. The summed E-state index contributed by atoms with van der Waals surface area (Å²) in [5, 5.41) is 13.8. The van der Waals surface area contributed by atoms with Crippen molar-refractivity contribution in [2.24, 2.45) is 5.73 Å². The quantitative estimate of drug-likeness (QED) is 0.547. The van der Waals surface area contributed by atoms with E-state index in [9.17, 15) is 14.0 Å². The molecule has 1 heterocycles. The summed E-state index contributed by atoms with van der Waals surface area (Å²) in [6.07, 6.45) is 1.01. The maximum atomic E-state index is 13.6. The maximum absolute atomic E-state index is 13.6. The zero-order chi connectivity index (χ0) is 19.1. The number of carbonyl (C=O) groups excluding carboxylic acids is 1. The number of anilines is 1. The Morgan fingerprint density at radius 2 is 2.00 bits per heavy atom. The standard InChI is InChI=1S/C16H16ClFN4O4.ClH/c17-9-5-13(18)15(20-7-9)26-12-3-1-11(2-4-12)22-16(25)21-8-10(19)6-14(23)24;/h1-5,7,10H,6,8,19H2,(H,23,24)(H2,21,22,25);1H/t10-;/m0./s1. The number of hydrogen-bond donors (Lipinski definition) is 4. The summed E-state index contributed by atoms with van der Waals surface area (Å²) in [6.45, 7) is 0.0147. The molecular weight excluding hydrogens is 402 g/mol. The van der Waals surface area contributed by atoms with Crippen LogP contribution in [0, 0.1) is 5.82 Å². The van der Waals surface area contributed by atoms with Crippen molar-refractivity contribution in [1.82, 2.24) is 10.3 Å². The number of halogens is 3. The van der Waals surface area contributed by atoms with Gasteiger partial charge in [0, 0.05) is 24.5 Å². The molecular formula is C16H17Cl2FN4O4. The van der Waals surface area contributed by atoms with Gasteiger partial charge in [0.2, 0.25) is 0 Å². The van der Waals surface area contributed by atoms with Gasteiger partial charge in [-0.25, -0.2) is 14.2 Å². The third-order valence-corrected chi connectivity index (χ3v) is 3.27. The Hall–Kier alpha value is -2.62. The van der Waals surface area contributed by atoms with Gasteiger partial charge in [0.15, 0.2) is 5.82 Å². The summed E-state index contributed by atoms with van der Waals surface area (Å²) in [5.41, 5.74) is 6.00. The predicted molar refractivity (Wildman–Crippen MR) is 100 cm³/mol. The second-order valence-electron chi connectivity index (χ2n) is 5.26. The number of nitrogens with two attached hydrogens (primary N) is 1. The third kappa shape index (κ3) is 7.65. The molecule has 0 fully saturated rings. The first-order valence-corrected chi connectivity index (χ1v) is 7.82. The molecule has 1 aromatic carbocycles. The van der Waals surface area contributed by atoms with E-state index in [1.165, 1.54) is 18.3 Å². The van der Waals surface area contributed by atoms with Crippen molar-refractivity contribution in [3.8, 4) is 11.6 Å². The lowest BCUT2D eigenvalue weighted by Crippen LogP contribution is -2.40. The number of urea groups is 1. The molecule has 27 heavy (non-hydrogen) atoms. The average molecular weight is 419 g/mol. The molecule has 0 aliphatic rings. The summed E-state index contributed by atoms with van der Waals surface area (Å²) in [4.78, 5) is 26.0. The lowest BCUT2D eigenvalue weighted by atomic mass is 10.2. The second-order valence-corrected chi connectivity index (χ2v) is 5.70. The molecule has 5 N–H and O–H groups in total. The Morgan fingerprint density at radius 3 is 2.59 bits per heavy atom. The molecule has 0 aliphatic carbocycles. The van der Waals surface area contributed by atoms with Crippen LogP contribution >= 0.6 is 24.0 Å². The number of nitrogens with one attached hydrogen (secondary N) is 2. The highest BCUT2D eigenvalue weighted by Gasteiger charge is 2.10. The van der Waals surface area contributed by atoms with Gasteiger partial charge in [0.05, 0.1) is 11.4 Å². The summed E-state index contributed by atoms with van der Waals surface area (Å²) >= 11 is 5.62.